The highest BCUT2D eigenvalue weighted by Crippen LogP contribution is 1.87. The minimum absolute atomic E-state index is 0.524. The Labute approximate surface area is 213 Å². The molecule has 0 aliphatic heterocycles. The number of hydrogen-bond donors (Lipinski definition) is 1. The van der Waals surface area contributed by atoms with Crippen LogP contribution in [0.1, 0.15) is 0 Å². The highest BCUT2D eigenvalue weighted by Gasteiger charge is 1.95. The van der Waals surface area contributed by atoms with Crippen molar-refractivity contribution in [3.8, 4) is 0 Å². The van der Waals surface area contributed by atoms with Crippen LogP contribution in [0.3, 0.4) is 0 Å². The molecule has 206 valence electrons. The lowest BCUT2D eigenvalue weighted by Gasteiger charge is -2.09. The number of halogens is 1. The summed E-state index contributed by atoms with van der Waals surface area (Å²) in [6.07, 6.45) is 0. The Bertz CT molecular complexity index is 330. The van der Waals surface area contributed by atoms with Gasteiger partial charge in [-0.2, -0.15) is 0 Å². The maximum absolute atomic E-state index is 5.44. The maximum atomic E-state index is 5.44. The van der Waals surface area contributed by atoms with E-state index < -0.39 is 0 Å². The van der Waals surface area contributed by atoms with E-state index >= 15 is 0 Å². The van der Waals surface area contributed by atoms with E-state index in [9.17, 15) is 0 Å². The second-order valence-corrected chi connectivity index (χ2v) is 7.39. The Balaban J connectivity index is 2.99. The molecule has 0 atom stereocenters. The number of nitrogens with two attached hydrogens (primary N) is 1. The van der Waals surface area contributed by atoms with Gasteiger partial charge in [-0.05, 0) is 0 Å². The van der Waals surface area contributed by atoms with E-state index in [-0.39, 0.29) is 0 Å². The summed E-state index contributed by atoms with van der Waals surface area (Å²) in [5.74, 6) is 0. The van der Waals surface area contributed by atoms with Crippen molar-refractivity contribution in [2.75, 3.05) is 144 Å². The molecule has 0 fully saturated rings. The third-order valence-corrected chi connectivity index (χ3v) is 4.16. The van der Waals surface area contributed by atoms with E-state index in [0.29, 0.717) is 139 Å². The third-order valence-electron chi connectivity index (χ3n) is 3.83. The van der Waals surface area contributed by atoms with Gasteiger partial charge in [0, 0.05) is 11.9 Å². The maximum Gasteiger partial charge on any atom is 0.0701 e. The lowest BCUT2D eigenvalue weighted by molar-refractivity contribution is -0.0261. The van der Waals surface area contributed by atoms with Crippen LogP contribution in [0, 0.1) is 0 Å². The van der Waals surface area contributed by atoms with Crippen molar-refractivity contribution in [1.29, 1.82) is 0 Å². The summed E-state index contributed by atoms with van der Waals surface area (Å²) in [4.78, 5) is 0. The topological polar surface area (TPSA) is 118 Å². The first-order valence-corrected chi connectivity index (χ1v) is 13.1. The predicted octanol–water partition coefficient (Wildman–Crippen LogP) is 0.506. The van der Waals surface area contributed by atoms with Gasteiger partial charge in [-0.3, -0.25) is 0 Å². The molecule has 0 aromatic carbocycles. The first-order valence-electron chi connectivity index (χ1n) is 11.9. The van der Waals surface area contributed by atoms with E-state index in [2.05, 4.69) is 15.9 Å². The molecule has 34 heavy (non-hydrogen) atoms. The molecule has 0 saturated heterocycles. The van der Waals surface area contributed by atoms with Gasteiger partial charge < -0.3 is 53.1 Å². The Morgan fingerprint density at radius 3 is 0.647 bits per heavy atom. The fourth-order valence-electron chi connectivity index (χ4n) is 2.22. The van der Waals surface area contributed by atoms with E-state index in [4.69, 9.17) is 53.1 Å². The Hall–Kier alpha value is 0.0400. The molecule has 2 N–H and O–H groups in total. The smallest absolute Gasteiger partial charge is 0.0701 e. The van der Waals surface area contributed by atoms with Gasteiger partial charge in [-0.25, -0.2) is 0 Å². The van der Waals surface area contributed by atoms with E-state index in [1.807, 2.05) is 0 Å². The highest BCUT2D eigenvalue weighted by atomic mass is 79.9. The van der Waals surface area contributed by atoms with Gasteiger partial charge >= 0.3 is 0 Å². The van der Waals surface area contributed by atoms with Crippen LogP contribution in [0.2, 0.25) is 0 Å². The van der Waals surface area contributed by atoms with Crippen LogP contribution in [-0.4, -0.2) is 144 Å². The zero-order valence-electron chi connectivity index (χ0n) is 20.6. The first-order chi connectivity index (χ1) is 16.9. The van der Waals surface area contributed by atoms with E-state index in [1.54, 1.807) is 0 Å². The molecule has 0 rings (SSSR count). The lowest BCUT2D eigenvalue weighted by Crippen LogP contribution is -2.15. The minimum atomic E-state index is 0.524. The summed E-state index contributed by atoms with van der Waals surface area (Å²) in [6.45, 7) is 11.6. The zero-order valence-corrected chi connectivity index (χ0v) is 22.2. The lowest BCUT2D eigenvalue weighted by atomic mass is 10.6. The van der Waals surface area contributed by atoms with Crippen molar-refractivity contribution in [2.45, 2.75) is 0 Å². The number of ether oxygens (including phenoxy) is 10. The summed E-state index contributed by atoms with van der Waals surface area (Å²) >= 11 is 3.29. The molecule has 0 bridgehead atoms. The average Bonchev–Trinajstić information content (AvgIpc) is 2.85. The minimum Gasteiger partial charge on any atom is -0.378 e. The van der Waals surface area contributed by atoms with Gasteiger partial charge in [0.15, 0.2) is 0 Å². The highest BCUT2D eigenvalue weighted by molar-refractivity contribution is 9.09. The molecule has 0 spiro atoms. The van der Waals surface area contributed by atoms with E-state index in [0.717, 1.165) is 5.33 Å². The fourth-order valence-corrected chi connectivity index (χ4v) is 2.45. The fraction of sp³-hybridized carbons (Fsp3) is 1.00. The summed E-state index contributed by atoms with van der Waals surface area (Å²) in [5.41, 5.74) is 5.32. The van der Waals surface area contributed by atoms with Crippen LogP contribution in [-0.2, 0) is 47.4 Å². The SMILES string of the molecule is NCCOCCOCCOCCOCCOCCOCCOCCOCCOCCOCCBr. The molecule has 11 nitrogen and oxygen atoms in total. The van der Waals surface area contributed by atoms with Crippen LogP contribution >= 0.6 is 15.9 Å². The van der Waals surface area contributed by atoms with Crippen molar-refractivity contribution >= 4 is 15.9 Å². The van der Waals surface area contributed by atoms with Gasteiger partial charge in [-0.15, -0.1) is 0 Å². The standard InChI is InChI=1S/C22H46BrNO10/c23-1-3-25-5-7-27-9-11-29-13-15-31-17-19-33-21-22-34-20-18-32-16-14-30-12-10-28-8-6-26-4-2-24/h1-22,24H2. The molecule has 0 aliphatic rings. The molecule has 0 unspecified atom stereocenters. The summed E-state index contributed by atoms with van der Waals surface area (Å²) in [7, 11) is 0. The first kappa shape index (κ1) is 34.0. The second kappa shape index (κ2) is 33.0. The Morgan fingerprint density at radius 2 is 0.471 bits per heavy atom. The van der Waals surface area contributed by atoms with Crippen LogP contribution in [0.5, 0.6) is 0 Å². The Morgan fingerprint density at radius 1 is 0.294 bits per heavy atom. The number of rotatable bonds is 31. The van der Waals surface area contributed by atoms with Gasteiger partial charge in [0.25, 0.3) is 0 Å². The molecule has 0 aromatic heterocycles. The van der Waals surface area contributed by atoms with Crippen molar-refractivity contribution in [2.24, 2.45) is 5.73 Å². The molecule has 0 heterocycles. The average molecular weight is 565 g/mol. The quantitative estimate of drug-likeness (QED) is 0.0937. The molecule has 0 aromatic rings. The van der Waals surface area contributed by atoms with Gasteiger partial charge in [0.2, 0.25) is 0 Å². The predicted molar refractivity (Wildman–Crippen MR) is 131 cm³/mol. The van der Waals surface area contributed by atoms with Crippen LogP contribution in [0.4, 0.5) is 0 Å². The van der Waals surface area contributed by atoms with Crippen LogP contribution < -0.4 is 5.73 Å². The number of hydrogen-bond acceptors (Lipinski definition) is 11. The number of alkyl halides is 1. The largest absolute Gasteiger partial charge is 0.378 e. The normalized spacial score (nSPS) is 11.5. The van der Waals surface area contributed by atoms with Crippen LogP contribution in [0.25, 0.3) is 0 Å². The van der Waals surface area contributed by atoms with Crippen molar-refractivity contribution in [3.63, 3.8) is 0 Å². The summed E-state index contributed by atoms with van der Waals surface area (Å²) < 4.78 is 53.7. The van der Waals surface area contributed by atoms with Crippen molar-refractivity contribution in [3.05, 3.63) is 0 Å². The van der Waals surface area contributed by atoms with Crippen molar-refractivity contribution < 1.29 is 47.4 Å². The molecule has 0 amide bonds. The summed E-state index contributed by atoms with van der Waals surface area (Å²) in [6, 6.07) is 0. The molecule has 0 saturated carbocycles. The monoisotopic (exact) mass is 563 g/mol. The van der Waals surface area contributed by atoms with E-state index in [1.165, 1.54) is 0 Å². The van der Waals surface area contributed by atoms with Gasteiger partial charge in [0.1, 0.15) is 0 Å². The summed E-state index contributed by atoms with van der Waals surface area (Å²) in [5, 5.41) is 0.841. The van der Waals surface area contributed by atoms with Crippen molar-refractivity contribution in [1.82, 2.24) is 0 Å². The molecule has 0 aliphatic carbocycles. The molecule has 12 heteroatoms. The Kier molecular flexibility index (Phi) is 33.1. The molecule has 0 radical (unpaired) electrons. The zero-order chi connectivity index (χ0) is 24.6. The molecular formula is C22H46BrNO10. The van der Waals surface area contributed by atoms with Crippen LogP contribution in [0.15, 0.2) is 0 Å². The molecular weight excluding hydrogens is 518 g/mol. The van der Waals surface area contributed by atoms with Gasteiger partial charge in [-0.1, -0.05) is 15.9 Å². The van der Waals surface area contributed by atoms with Gasteiger partial charge in [0.05, 0.1) is 132 Å². The third kappa shape index (κ3) is 32.0. The second-order valence-electron chi connectivity index (χ2n) is 6.60.